The summed E-state index contributed by atoms with van der Waals surface area (Å²) in [7, 11) is 0. The number of hydrogen-bond acceptors (Lipinski definition) is 3. The molecule has 5 heteroatoms. The topological polar surface area (TPSA) is 43.3 Å². The number of pyridine rings is 2. The van der Waals surface area contributed by atoms with E-state index in [1.165, 1.54) is 0 Å². The van der Waals surface area contributed by atoms with Crippen LogP contribution in [0, 0.1) is 6.57 Å². The second-order valence-corrected chi connectivity index (χ2v) is 4.38. The zero-order valence-corrected chi connectivity index (χ0v) is 11.0. The molecule has 0 radical (unpaired) electrons. The van der Waals surface area contributed by atoms with Gasteiger partial charge >= 0.3 is 0 Å². The molecular formula is C15H8ClN3O. The smallest absolute Gasteiger partial charge is 0.224 e. The van der Waals surface area contributed by atoms with Gasteiger partial charge in [0.15, 0.2) is 5.76 Å². The minimum absolute atomic E-state index is 0.171. The van der Waals surface area contributed by atoms with Crippen LogP contribution in [0.2, 0.25) is 5.15 Å². The summed E-state index contributed by atoms with van der Waals surface area (Å²) in [5.74, 6) is 0.607. The summed E-state index contributed by atoms with van der Waals surface area (Å²) < 4.78 is 5.40. The molecule has 0 saturated carbocycles. The highest BCUT2D eigenvalue weighted by atomic mass is 35.5. The summed E-state index contributed by atoms with van der Waals surface area (Å²) in [6.07, 6.45) is 4.95. The molecule has 4 nitrogen and oxygen atoms in total. The summed E-state index contributed by atoms with van der Waals surface area (Å²) in [5.41, 5.74) is 2.62. The number of rotatable bonds is 2. The molecule has 0 aromatic carbocycles. The van der Waals surface area contributed by atoms with Crippen LogP contribution >= 0.6 is 11.6 Å². The predicted octanol–water partition coefficient (Wildman–Crippen LogP) is 4.61. The number of nitrogens with zero attached hydrogens (tertiary/aromatic N) is 3. The molecule has 0 aliphatic heterocycles. The first kappa shape index (κ1) is 12.4. The number of aromatic nitrogens is 2. The van der Waals surface area contributed by atoms with Crippen LogP contribution in [0.15, 0.2) is 53.4 Å². The van der Waals surface area contributed by atoms with Crippen molar-refractivity contribution in [1.82, 2.24) is 9.97 Å². The Labute approximate surface area is 120 Å². The summed E-state index contributed by atoms with van der Waals surface area (Å²) in [6.45, 7) is 7.15. The molecule has 0 bridgehead atoms. The lowest BCUT2D eigenvalue weighted by atomic mass is 10.0. The average molecular weight is 282 g/mol. The lowest BCUT2D eigenvalue weighted by molar-refractivity contribution is 0.580. The van der Waals surface area contributed by atoms with E-state index in [1.807, 2.05) is 12.1 Å². The molecule has 0 spiro atoms. The van der Waals surface area contributed by atoms with Gasteiger partial charge in [0.25, 0.3) is 0 Å². The van der Waals surface area contributed by atoms with Gasteiger partial charge in [-0.25, -0.2) is 9.83 Å². The van der Waals surface area contributed by atoms with Crippen LogP contribution in [0.25, 0.3) is 27.4 Å². The van der Waals surface area contributed by atoms with Crippen molar-refractivity contribution in [3.8, 4) is 22.6 Å². The van der Waals surface area contributed by atoms with Gasteiger partial charge in [0, 0.05) is 18.0 Å². The molecule has 0 aliphatic carbocycles. The van der Waals surface area contributed by atoms with Gasteiger partial charge in [-0.1, -0.05) is 11.6 Å². The first-order chi connectivity index (χ1) is 9.79. The lowest BCUT2D eigenvalue weighted by Gasteiger charge is -2.08. The van der Waals surface area contributed by atoms with E-state index >= 15 is 0 Å². The van der Waals surface area contributed by atoms with Gasteiger partial charge in [0.05, 0.1) is 12.8 Å². The lowest BCUT2D eigenvalue weighted by Crippen LogP contribution is -1.89. The monoisotopic (exact) mass is 281 g/mol. The fraction of sp³-hybridized carbons (Fsp3) is 0. The Hall–Kier alpha value is -2.64. The molecule has 3 rings (SSSR count). The van der Waals surface area contributed by atoms with Gasteiger partial charge < -0.3 is 4.42 Å². The van der Waals surface area contributed by atoms with Crippen molar-refractivity contribution in [3.63, 3.8) is 0 Å². The first-order valence-corrected chi connectivity index (χ1v) is 6.19. The molecule has 3 aromatic heterocycles. The molecule has 20 heavy (non-hydrogen) atoms. The van der Waals surface area contributed by atoms with E-state index in [4.69, 9.17) is 22.6 Å². The van der Waals surface area contributed by atoms with E-state index in [0.717, 1.165) is 11.1 Å². The standard InChI is InChI=1S/C15H8ClN3O/c1-17-12-9-11(10-4-6-18-7-5-10)14(19-15(12)16)13-3-2-8-20-13/h2-9H. The largest absolute Gasteiger partial charge is 0.463 e. The molecule has 0 atom stereocenters. The molecule has 96 valence electrons. The second-order valence-electron chi connectivity index (χ2n) is 4.02. The van der Waals surface area contributed by atoms with Crippen LogP contribution in [0.1, 0.15) is 0 Å². The predicted molar refractivity (Wildman–Crippen MR) is 76.4 cm³/mol. The molecular weight excluding hydrogens is 274 g/mol. The SMILES string of the molecule is [C-]#[N+]c1cc(-c2ccncc2)c(-c2ccco2)nc1Cl. The molecule has 3 heterocycles. The summed E-state index contributed by atoms with van der Waals surface area (Å²) in [5, 5.41) is 0.171. The molecule has 0 amide bonds. The zero-order chi connectivity index (χ0) is 13.9. The van der Waals surface area contributed by atoms with Crippen LogP contribution in [0.5, 0.6) is 0 Å². The molecule has 0 fully saturated rings. The van der Waals surface area contributed by atoms with Crippen molar-refractivity contribution in [2.75, 3.05) is 0 Å². The van der Waals surface area contributed by atoms with Gasteiger partial charge in [-0.2, -0.15) is 0 Å². The van der Waals surface area contributed by atoms with Crippen LogP contribution < -0.4 is 0 Å². The van der Waals surface area contributed by atoms with Gasteiger partial charge in [-0.05, 0) is 35.9 Å². The van der Waals surface area contributed by atoms with E-state index < -0.39 is 0 Å². The molecule has 0 saturated heterocycles. The third-order valence-corrected chi connectivity index (χ3v) is 3.10. The van der Waals surface area contributed by atoms with E-state index in [0.29, 0.717) is 17.1 Å². The third kappa shape index (κ3) is 2.15. The number of hydrogen-bond donors (Lipinski definition) is 0. The van der Waals surface area contributed by atoms with Crippen LogP contribution in [-0.4, -0.2) is 9.97 Å². The second kappa shape index (κ2) is 5.16. The zero-order valence-electron chi connectivity index (χ0n) is 10.2. The fourth-order valence-electron chi connectivity index (χ4n) is 1.91. The summed E-state index contributed by atoms with van der Waals surface area (Å²) in [6, 6.07) is 9.01. The maximum Gasteiger partial charge on any atom is 0.224 e. The first-order valence-electron chi connectivity index (χ1n) is 5.82. The number of halogens is 1. The van der Waals surface area contributed by atoms with E-state index in [9.17, 15) is 0 Å². The highest BCUT2D eigenvalue weighted by Crippen LogP contribution is 2.36. The van der Waals surface area contributed by atoms with Crippen LogP contribution in [0.4, 0.5) is 5.69 Å². The van der Waals surface area contributed by atoms with Crippen LogP contribution in [-0.2, 0) is 0 Å². The summed E-state index contributed by atoms with van der Waals surface area (Å²) >= 11 is 6.03. The molecule has 3 aromatic rings. The summed E-state index contributed by atoms with van der Waals surface area (Å²) in [4.78, 5) is 11.7. The Bertz CT molecular complexity index is 777. The van der Waals surface area contributed by atoms with Crippen LogP contribution in [0.3, 0.4) is 0 Å². The maximum absolute atomic E-state index is 7.15. The van der Waals surface area contributed by atoms with Crippen molar-refractivity contribution < 1.29 is 4.42 Å². The Kier molecular flexibility index (Phi) is 3.20. The van der Waals surface area contributed by atoms with Crippen molar-refractivity contribution >= 4 is 17.3 Å². The third-order valence-electron chi connectivity index (χ3n) is 2.82. The van der Waals surface area contributed by atoms with Gasteiger partial charge in [0.2, 0.25) is 5.69 Å². The highest BCUT2D eigenvalue weighted by molar-refractivity contribution is 6.32. The Morgan fingerprint density at radius 1 is 1.20 bits per heavy atom. The van der Waals surface area contributed by atoms with Crippen molar-refractivity contribution in [3.05, 3.63) is 65.6 Å². The average Bonchev–Trinajstić information content (AvgIpc) is 3.02. The highest BCUT2D eigenvalue weighted by Gasteiger charge is 2.15. The Balaban J connectivity index is 2.29. The quantitative estimate of drug-likeness (QED) is 0.509. The van der Waals surface area contributed by atoms with Crippen molar-refractivity contribution in [2.24, 2.45) is 0 Å². The minimum atomic E-state index is 0.171. The molecule has 0 aliphatic rings. The molecule has 0 N–H and O–H groups in total. The van der Waals surface area contributed by atoms with Crippen molar-refractivity contribution in [1.29, 1.82) is 0 Å². The van der Waals surface area contributed by atoms with E-state index in [1.54, 1.807) is 36.9 Å². The van der Waals surface area contributed by atoms with Gasteiger partial charge in [0.1, 0.15) is 10.8 Å². The molecule has 0 unspecified atom stereocenters. The Morgan fingerprint density at radius 2 is 2.00 bits per heavy atom. The fourth-order valence-corrected chi connectivity index (χ4v) is 2.09. The van der Waals surface area contributed by atoms with Gasteiger partial charge in [-0.3, -0.25) is 4.98 Å². The number of furan rings is 1. The maximum atomic E-state index is 7.15. The minimum Gasteiger partial charge on any atom is -0.463 e. The van der Waals surface area contributed by atoms with E-state index in [2.05, 4.69) is 14.8 Å². The normalized spacial score (nSPS) is 10.2. The van der Waals surface area contributed by atoms with E-state index in [-0.39, 0.29) is 5.15 Å². The van der Waals surface area contributed by atoms with Crippen molar-refractivity contribution in [2.45, 2.75) is 0 Å². The van der Waals surface area contributed by atoms with Gasteiger partial charge in [-0.15, -0.1) is 0 Å². The Morgan fingerprint density at radius 3 is 2.65 bits per heavy atom.